The second-order valence-electron chi connectivity index (χ2n) is 11.9. The van der Waals surface area contributed by atoms with Crippen LogP contribution in [0.25, 0.3) is 0 Å². The first kappa shape index (κ1) is 35.5. The molecule has 0 aliphatic rings. The van der Waals surface area contributed by atoms with E-state index in [9.17, 15) is 4.79 Å². The first-order chi connectivity index (χ1) is 18.6. The SMILES string of the molecule is CCCCCCCCCCCCCCCCOC(=O)c1cc[c]([Sn]([CH2]CCC)([CH2]CCC)[CH2]CCC)cc1. The molecular formula is C35H64O2Sn. The molecule has 0 bridgehead atoms. The molecule has 0 saturated carbocycles. The van der Waals surface area contributed by atoms with Gasteiger partial charge in [0.2, 0.25) is 0 Å². The Morgan fingerprint density at radius 2 is 0.895 bits per heavy atom. The van der Waals surface area contributed by atoms with Crippen LogP contribution in [0.15, 0.2) is 24.3 Å². The Labute approximate surface area is 242 Å². The molecule has 1 rings (SSSR count). The molecule has 38 heavy (non-hydrogen) atoms. The van der Waals surface area contributed by atoms with Crippen molar-refractivity contribution in [2.75, 3.05) is 6.61 Å². The van der Waals surface area contributed by atoms with E-state index in [4.69, 9.17) is 4.74 Å². The Hall–Kier alpha value is -0.511. The third kappa shape index (κ3) is 15.9. The van der Waals surface area contributed by atoms with E-state index in [2.05, 4.69) is 52.0 Å². The van der Waals surface area contributed by atoms with Crippen LogP contribution in [-0.4, -0.2) is 31.0 Å². The second-order valence-corrected chi connectivity index (χ2v) is 25.1. The Bertz CT molecular complexity index is 647. The second kappa shape index (κ2) is 24.3. The van der Waals surface area contributed by atoms with Crippen molar-refractivity contribution in [2.45, 2.75) is 169 Å². The molecule has 0 fully saturated rings. The Kier molecular flexibility index (Phi) is 22.7. The normalized spacial score (nSPS) is 11.7. The molecule has 0 aromatic heterocycles. The number of rotatable bonds is 26. The summed E-state index contributed by atoms with van der Waals surface area (Å²) >= 11 is -2.41. The molecule has 2 nitrogen and oxygen atoms in total. The Balaban J connectivity index is 2.30. The van der Waals surface area contributed by atoms with E-state index in [1.54, 1.807) is 3.58 Å². The van der Waals surface area contributed by atoms with E-state index in [0.29, 0.717) is 6.61 Å². The number of hydrogen-bond acceptors (Lipinski definition) is 2. The van der Waals surface area contributed by atoms with Crippen molar-refractivity contribution in [3.8, 4) is 0 Å². The van der Waals surface area contributed by atoms with Crippen molar-refractivity contribution in [1.29, 1.82) is 0 Å². The number of benzene rings is 1. The molecule has 220 valence electrons. The van der Waals surface area contributed by atoms with Crippen LogP contribution in [0.2, 0.25) is 13.3 Å². The average Bonchev–Trinajstić information content (AvgIpc) is 2.95. The number of carbonyl (C=O) groups is 1. The first-order valence-corrected chi connectivity index (χ1v) is 24.4. The summed E-state index contributed by atoms with van der Waals surface area (Å²) < 4.78 is 11.7. The minimum atomic E-state index is -2.41. The molecule has 0 saturated heterocycles. The predicted molar refractivity (Wildman–Crippen MR) is 172 cm³/mol. The zero-order chi connectivity index (χ0) is 27.7. The summed E-state index contributed by atoms with van der Waals surface area (Å²) in [6.45, 7) is 9.83. The van der Waals surface area contributed by atoms with E-state index in [1.165, 1.54) is 135 Å². The van der Waals surface area contributed by atoms with Crippen molar-refractivity contribution in [3.05, 3.63) is 29.8 Å². The van der Waals surface area contributed by atoms with Crippen LogP contribution < -0.4 is 3.58 Å². The van der Waals surface area contributed by atoms with Gasteiger partial charge in [-0.3, -0.25) is 0 Å². The van der Waals surface area contributed by atoms with E-state index in [-0.39, 0.29) is 5.97 Å². The maximum atomic E-state index is 12.7. The van der Waals surface area contributed by atoms with Gasteiger partial charge in [-0.2, -0.15) is 0 Å². The average molecular weight is 636 g/mol. The van der Waals surface area contributed by atoms with Crippen LogP contribution in [0.1, 0.15) is 166 Å². The molecule has 0 aliphatic carbocycles. The van der Waals surface area contributed by atoms with Gasteiger partial charge in [0.05, 0.1) is 0 Å². The maximum absolute atomic E-state index is 12.7. The molecule has 0 atom stereocenters. The molecule has 0 N–H and O–H groups in total. The van der Waals surface area contributed by atoms with E-state index >= 15 is 0 Å². The van der Waals surface area contributed by atoms with Crippen molar-refractivity contribution in [2.24, 2.45) is 0 Å². The van der Waals surface area contributed by atoms with Gasteiger partial charge < -0.3 is 0 Å². The number of unbranched alkanes of at least 4 members (excludes halogenated alkanes) is 16. The number of carbonyl (C=O) groups excluding carboxylic acids is 1. The molecule has 0 heterocycles. The monoisotopic (exact) mass is 636 g/mol. The van der Waals surface area contributed by atoms with Crippen LogP contribution in [0.3, 0.4) is 0 Å². The third-order valence-electron chi connectivity index (χ3n) is 8.49. The van der Waals surface area contributed by atoms with Gasteiger partial charge in [-0.1, -0.05) is 64.7 Å². The summed E-state index contributed by atoms with van der Waals surface area (Å²) in [5.41, 5.74) is 0.737. The van der Waals surface area contributed by atoms with E-state index in [0.717, 1.165) is 12.0 Å². The topological polar surface area (TPSA) is 26.3 Å². The van der Waals surface area contributed by atoms with Gasteiger partial charge in [0.25, 0.3) is 0 Å². The molecule has 0 amide bonds. The van der Waals surface area contributed by atoms with Crippen molar-refractivity contribution in [1.82, 2.24) is 0 Å². The molecule has 0 unspecified atom stereocenters. The summed E-state index contributed by atoms with van der Waals surface area (Å²) in [6.07, 6.45) is 26.8. The zero-order valence-electron chi connectivity index (χ0n) is 26.1. The van der Waals surface area contributed by atoms with Crippen LogP contribution in [0.4, 0.5) is 0 Å². The van der Waals surface area contributed by atoms with E-state index < -0.39 is 18.4 Å². The summed E-state index contributed by atoms with van der Waals surface area (Å²) in [6, 6.07) is 8.77. The number of esters is 1. The summed E-state index contributed by atoms with van der Waals surface area (Å²) in [5.74, 6) is -0.136. The van der Waals surface area contributed by atoms with Gasteiger partial charge in [0, 0.05) is 0 Å². The van der Waals surface area contributed by atoms with Crippen LogP contribution in [-0.2, 0) is 4.74 Å². The van der Waals surface area contributed by atoms with Crippen molar-refractivity contribution < 1.29 is 9.53 Å². The fourth-order valence-corrected chi connectivity index (χ4v) is 21.8. The fraction of sp³-hybridized carbons (Fsp3) is 0.800. The minimum absolute atomic E-state index is 0.136. The van der Waals surface area contributed by atoms with Gasteiger partial charge >= 0.3 is 179 Å². The molecular weight excluding hydrogens is 571 g/mol. The third-order valence-corrected chi connectivity index (χ3v) is 24.2. The van der Waals surface area contributed by atoms with Crippen molar-refractivity contribution >= 4 is 27.9 Å². The quantitative estimate of drug-likeness (QED) is 0.0575. The van der Waals surface area contributed by atoms with Gasteiger partial charge in [0.15, 0.2) is 0 Å². The molecule has 1 aromatic carbocycles. The van der Waals surface area contributed by atoms with Gasteiger partial charge in [-0.05, 0) is 0 Å². The van der Waals surface area contributed by atoms with E-state index in [1.807, 2.05) is 0 Å². The van der Waals surface area contributed by atoms with Gasteiger partial charge in [-0.15, -0.1) is 0 Å². The first-order valence-electron chi connectivity index (χ1n) is 16.9. The standard InChI is InChI=1S/C23H37O2.3C4H9.Sn/c1-2-3-4-5-6-7-8-9-10-11-12-13-14-18-21-25-23(24)22-19-16-15-17-20-22;3*1-3-4-2;/h16-17,19-20H,2-14,18,21H2,1H3;3*1,3-4H2,2H3;. The summed E-state index contributed by atoms with van der Waals surface area (Å²) in [5, 5.41) is 0. The van der Waals surface area contributed by atoms with Crippen LogP contribution in [0, 0.1) is 0 Å². The molecule has 0 radical (unpaired) electrons. The molecule has 0 spiro atoms. The number of ether oxygens (including phenoxy) is 1. The van der Waals surface area contributed by atoms with Gasteiger partial charge in [-0.25, -0.2) is 0 Å². The summed E-state index contributed by atoms with van der Waals surface area (Å²) in [7, 11) is 0. The molecule has 3 heteroatoms. The Morgan fingerprint density at radius 3 is 1.29 bits per heavy atom. The number of hydrogen-bond donors (Lipinski definition) is 0. The molecule has 0 aliphatic heterocycles. The fourth-order valence-electron chi connectivity index (χ4n) is 5.86. The summed E-state index contributed by atoms with van der Waals surface area (Å²) in [4.78, 5) is 12.7. The Morgan fingerprint density at radius 1 is 0.526 bits per heavy atom. The molecule has 1 aromatic rings. The predicted octanol–water partition coefficient (Wildman–Crippen LogP) is 11.4. The van der Waals surface area contributed by atoms with Crippen LogP contribution >= 0.6 is 0 Å². The van der Waals surface area contributed by atoms with Gasteiger partial charge in [0.1, 0.15) is 0 Å². The zero-order valence-corrected chi connectivity index (χ0v) is 29.0. The van der Waals surface area contributed by atoms with Crippen molar-refractivity contribution in [3.63, 3.8) is 0 Å². The van der Waals surface area contributed by atoms with Crippen LogP contribution in [0.5, 0.6) is 0 Å².